The predicted octanol–water partition coefficient (Wildman–Crippen LogP) is 2.00. The van der Waals surface area contributed by atoms with Crippen molar-refractivity contribution >= 4 is 11.7 Å². The molecule has 0 spiro atoms. The molecule has 1 aromatic rings. The van der Waals surface area contributed by atoms with Crippen molar-refractivity contribution in [1.82, 2.24) is 19.7 Å². The number of fused-ring (bicyclic) bond motifs is 1. The van der Waals surface area contributed by atoms with Gasteiger partial charge in [-0.2, -0.15) is 0 Å². The highest BCUT2D eigenvalue weighted by Crippen LogP contribution is 2.27. The zero-order valence-electron chi connectivity index (χ0n) is 19.7. The van der Waals surface area contributed by atoms with Gasteiger partial charge >= 0.3 is 0 Å². The van der Waals surface area contributed by atoms with E-state index in [0.717, 1.165) is 77.2 Å². The Hall–Kier alpha value is -1.70. The number of amides is 1. The average molecular weight is 442 g/mol. The van der Waals surface area contributed by atoms with Gasteiger partial charge in [-0.3, -0.25) is 14.6 Å². The first-order valence-corrected chi connectivity index (χ1v) is 12.7. The Balaban J connectivity index is 1.11. The quantitative estimate of drug-likeness (QED) is 0.673. The lowest BCUT2D eigenvalue weighted by molar-refractivity contribution is -0.135. The summed E-state index contributed by atoms with van der Waals surface area (Å²) in [4.78, 5) is 27.3. The first kappa shape index (κ1) is 22.1. The number of hydrogen-bond acceptors (Lipinski definition) is 6. The van der Waals surface area contributed by atoms with Gasteiger partial charge in [0, 0.05) is 84.2 Å². The number of carbonyl (C=O) groups is 1. The second-order valence-electron chi connectivity index (χ2n) is 10.1. The first-order chi connectivity index (χ1) is 15.7. The number of nitrogens with zero attached hydrogens (tertiary/aromatic N) is 5. The van der Waals surface area contributed by atoms with Gasteiger partial charge in [0.05, 0.1) is 6.54 Å². The third-order valence-electron chi connectivity index (χ3n) is 8.07. The van der Waals surface area contributed by atoms with Crippen LogP contribution < -0.4 is 4.90 Å². The Bertz CT molecular complexity index is 783. The van der Waals surface area contributed by atoms with Gasteiger partial charge in [0.15, 0.2) is 0 Å². The Morgan fingerprint density at radius 2 is 1.81 bits per heavy atom. The van der Waals surface area contributed by atoms with Gasteiger partial charge in [-0.1, -0.05) is 12.5 Å². The van der Waals surface area contributed by atoms with Crippen molar-refractivity contribution in [3.05, 3.63) is 23.4 Å². The summed E-state index contributed by atoms with van der Waals surface area (Å²) in [6.07, 6.45) is 7.37. The Labute approximate surface area is 192 Å². The number of piperidine rings is 1. The molecule has 2 saturated heterocycles. The highest BCUT2D eigenvalue weighted by atomic mass is 16.5. The van der Waals surface area contributed by atoms with Crippen molar-refractivity contribution in [1.29, 1.82) is 0 Å². The van der Waals surface area contributed by atoms with Crippen LogP contribution in [0.4, 0.5) is 5.82 Å². The SMILES string of the molecule is COCC1CCN(c2ccc3c(n2)CCN(CC(=O)N2CCN(C4CCC4)CC2)C3)CC1. The summed E-state index contributed by atoms with van der Waals surface area (Å²) in [6.45, 7) is 9.19. The molecule has 1 amide bonds. The van der Waals surface area contributed by atoms with Gasteiger partial charge in [-0.05, 0) is 43.2 Å². The normalized spacial score (nSPS) is 23.8. The van der Waals surface area contributed by atoms with Crippen molar-refractivity contribution in [3.63, 3.8) is 0 Å². The van der Waals surface area contributed by atoms with Crippen LogP contribution in [0.1, 0.15) is 43.4 Å². The van der Waals surface area contributed by atoms with Crippen LogP contribution in [-0.4, -0.2) is 97.7 Å². The molecule has 0 bridgehead atoms. The Morgan fingerprint density at radius 3 is 2.50 bits per heavy atom. The zero-order chi connectivity index (χ0) is 21.9. The van der Waals surface area contributed by atoms with Crippen LogP contribution in [-0.2, 0) is 22.5 Å². The summed E-state index contributed by atoms with van der Waals surface area (Å²) in [7, 11) is 1.80. The van der Waals surface area contributed by atoms with E-state index in [1.165, 1.54) is 43.4 Å². The molecule has 1 saturated carbocycles. The van der Waals surface area contributed by atoms with Crippen LogP contribution >= 0.6 is 0 Å². The van der Waals surface area contributed by atoms with E-state index in [2.05, 4.69) is 31.7 Å². The number of rotatable bonds is 6. The molecule has 5 rings (SSSR count). The van der Waals surface area contributed by atoms with Crippen molar-refractivity contribution in [2.75, 3.05) is 71.0 Å². The standard InChI is InChI=1S/C25H39N5O2/c1-32-19-20-7-11-29(12-8-20)24-6-5-21-17-27(10-9-23(21)26-24)18-25(31)30-15-13-28(14-16-30)22-3-2-4-22/h5-6,20,22H,2-4,7-19H2,1H3. The van der Waals surface area contributed by atoms with Gasteiger partial charge in [0.25, 0.3) is 0 Å². The van der Waals surface area contributed by atoms with E-state index in [4.69, 9.17) is 9.72 Å². The van der Waals surface area contributed by atoms with Gasteiger partial charge in [0.1, 0.15) is 5.82 Å². The highest BCUT2D eigenvalue weighted by Gasteiger charge is 2.30. The van der Waals surface area contributed by atoms with Crippen LogP contribution in [0.15, 0.2) is 12.1 Å². The Kier molecular flexibility index (Phi) is 6.95. The number of methoxy groups -OCH3 is 1. The lowest BCUT2D eigenvalue weighted by Crippen LogP contribution is -2.55. The summed E-state index contributed by atoms with van der Waals surface area (Å²) < 4.78 is 5.33. The maximum Gasteiger partial charge on any atom is 0.236 e. The van der Waals surface area contributed by atoms with Crippen molar-refractivity contribution in [2.24, 2.45) is 5.92 Å². The van der Waals surface area contributed by atoms with E-state index in [-0.39, 0.29) is 0 Å². The molecular formula is C25H39N5O2. The highest BCUT2D eigenvalue weighted by molar-refractivity contribution is 5.78. The van der Waals surface area contributed by atoms with E-state index >= 15 is 0 Å². The molecule has 0 N–H and O–H groups in total. The monoisotopic (exact) mass is 441 g/mol. The maximum atomic E-state index is 12.9. The second kappa shape index (κ2) is 10.1. The molecule has 3 fully saturated rings. The number of ether oxygens (including phenoxy) is 1. The minimum atomic E-state index is 0.296. The van der Waals surface area contributed by atoms with E-state index in [1.54, 1.807) is 7.11 Å². The minimum Gasteiger partial charge on any atom is -0.384 e. The number of aromatic nitrogens is 1. The van der Waals surface area contributed by atoms with Gasteiger partial charge in [-0.25, -0.2) is 4.98 Å². The molecule has 0 aromatic carbocycles. The largest absolute Gasteiger partial charge is 0.384 e. The van der Waals surface area contributed by atoms with Crippen LogP contribution in [0.25, 0.3) is 0 Å². The minimum absolute atomic E-state index is 0.296. The number of carbonyl (C=O) groups excluding carboxylic acids is 1. The second-order valence-corrected chi connectivity index (χ2v) is 10.1. The fraction of sp³-hybridized carbons (Fsp3) is 0.760. The maximum absolute atomic E-state index is 12.9. The summed E-state index contributed by atoms with van der Waals surface area (Å²) in [6, 6.07) is 5.22. The molecule has 1 aliphatic carbocycles. The molecule has 3 aliphatic heterocycles. The lowest BCUT2D eigenvalue weighted by atomic mass is 9.91. The molecular weight excluding hydrogens is 402 g/mol. The number of pyridine rings is 1. The van der Waals surface area contributed by atoms with Gasteiger partial charge in [-0.15, -0.1) is 0 Å². The smallest absolute Gasteiger partial charge is 0.236 e. The van der Waals surface area contributed by atoms with Crippen molar-refractivity contribution < 1.29 is 9.53 Å². The fourth-order valence-electron chi connectivity index (χ4n) is 5.72. The van der Waals surface area contributed by atoms with Gasteiger partial charge in [0.2, 0.25) is 5.91 Å². The predicted molar refractivity (Wildman–Crippen MR) is 126 cm³/mol. The molecule has 176 valence electrons. The van der Waals surface area contributed by atoms with E-state index < -0.39 is 0 Å². The van der Waals surface area contributed by atoms with Gasteiger partial charge < -0.3 is 14.5 Å². The number of anilines is 1. The average Bonchev–Trinajstić information content (AvgIpc) is 2.79. The molecule has 7 heteroatoms. The van der Waals surface area contributed by atoms with E-state index in [1.807, 2.05) is 0 Å². The molecule has 1 aromatic heterocycles. The summed E-state index contributed by atoms with van der Waals surface area (Å²) in [5, 5.41) is 0. The molecule has 7 nitrogen and oxygen atoms in total. The van der Waals surface area contributed by atoms with Crippen LogP contribution in [0, 0.1) is 5.92 Å². The van der Waals surface area contributed by atoms with E-state index in [0.29, 0.717) is 18.4 Å². The molecule has 32 heavy (non-hydrogen) atoms. The lowest BCUT2D eigenvalue weighted by Gasteiger charge is -2.43. The number of piperazine rings is 1. The molecule has 0 radical (unpaired) electrons. The Morgan fingerprint density at radius 1 is 1.03 bits per heavy atom. The molecule has 4 heterocycles. The summed E-state index contributed by atoms with van der Waals surface area (Å²) in [5.41, 5.74) is 2.51. The first-order valence-electron chi connectivity index (χ1n) is 12.7. The fourth-order valence-corrected chi connectivity index (χ4v) is 5.72. The van der Waals surface area contributed by atoms with Crippen molar-refractivity contribution in [3.8, 4) is 0 Å². The topological polar surface area (TPSA) is 52.2 Å². The molecule has 4 aliphatic rings. The zero-order valence-corrected chi connectivity index (χ0v) is 19.7. The summed E-state index contributed by atoms with van der Waals surface area (Å²) in [5.74, 6) is 2.10. The molecule has 0 unspecified atom stereocenters. The van der Waals surface area contributed by atoms with Crippen LogP contribution in [0.5, 0.6) is 0 Å². The van der Waals surface area contributed by atoms with Crippen LogP contribution in [0.2, 0.25) is 0 Å². The third kappa shape index (κ3) is 4.95. The van der Waals surface area contributed by atoms with E-state index in [9.17, 15) is 4.79 Å². The third-order valence-corrected chi connectivity index (χ3v) is 8.07. The van der Waals surface area contributed by atoms with Crippen molar-refractivity contribution in [2.45, 2.75) is 51.1 Å². The number of hydrogen-bond donors (Lipinski definition) is 0. The molecule has 0 atom stereocenters. The van der Waals surface area contributed by atoms with Crippen LogP contribution in [0.3, 0.4) is 0 Å². The summed E-state index contributed by atoms with van der Waals surface area (Å²) >= 11 is 0.